The number of hydrogen-bond acceptors (Lipinski definition) is 9. The number of carbonyl (C=O) groups excluding carboxylic acids is 2. The van der Waals surface area contributed by atoms with Gasteiger partial charge in [-0.25, -0.2) is 14.0 Å². The number of carbonyl (C=O) groups is 2. The van der Waals surface area contributed by atoms with Crippen molar-refractivity contribution in [2.75, 3.05) is 40.4 Å². The van der Waals surface area contributed by atoms with E-state index in [0.29, 0.717) is 58.3 Å². The van der Waals surface area contributed by atoms with E-state index >= 15 is 0 Å². The molecule has 1 N–H and O–H groups in total. The third-order valence-electron chi connectivity index (χ3n) is 9.74. The van der Waals surface area contributed by atoms with E-state index in [2.05, 4.69) is 10.2 Å². The molecule has 1 aromatic heterocycles. The van der Waals surface area contributed by atoms with Crippen LogP contribution in [0.4, 0.5) is 4.39 Å². The van der Waals surface area contributed by atoms with Gasteiger partial charge in [-0.1, -0.05) is 59.6 Å². The zero-order valence-corrected chi connectivity index (χ0v) is 30.4. The van der Waals surface area contributed by atoms with E-state index in [1.54, 1.807) is 60.7 Å². The molecule has 274 valence electrons. The molecule has 3 aliphatic heterocycles. The van der Waals surface area contributed by atoms with Crippen LogP contribution in [0.1, 0.15) is 57.6 Å². The summed E-state index contributed by atoms with van der Waals surface area (Å²) in [5.41, 5.74) is 2.45. The van der Waals surface area contributed by atoms with Gasteiger partial charge in [0.25, 0.3) is 0 Å². The summed E-state index contributed by atoms with van der Waals surface area (Å²) in [7, 11) is 3.02. The van der Waals surface area contributed by atoms with Gasteiger partial charge in [0.1, 0.15) is 34.1 Å². The van der Waals surface area contributed by atoms with Crippen molar-refractivity contribution in [2.24, 2.45) is 5.92 Å². The highest BCUT2D eigenvalue weighted by Gasteiger charge is 2.38. The summed E-state index contributed by atoms with van der Waals surface area (Å²) in [4.78, 5) is 29.3. The molecule has 2 unspecified atom stereocenters. The molecule has 13 heteroatoms. The molecule has 0 radical (unpaired) electrons. The molecule has 7 rings (SSSR count). The SMILES string of the molecule is COc1ccc(C(Cc2c(Cl)c[n+]([O-])cc2Cl)OC(=O)c2ccc(CCNC(C(=O)O[C@H]3CN4CCC3CC4)c3ccccc3F)cc2)cc1OC. The molecular weight excluding hydrogens is 712 g/mol. The lowest BCUT2D eigenvalue weighted by atomic mass is 9.86. The number of fused-ring (bicyclic) bond motifs is 3. The number of methoxy groups -OCH3 is 2. The fraction of sp³-hybridized carbons (Fsp3) is 0.359. The van der Waals surface area contributed by atoms with Crippen LogP contribution in [0.15, 0.2) is 79.1 Å². The number of piperidine rings is 3. The molecule has 3 saturated heterocycles. The van der Waals surface area contributed by atoms with Gasteiger partial charge in [0, 0.05) is 30.6 Å². The van der Waals surface area contributed by atoms with Crippen LogP contribution in [0.25, 0.3) is 0 Å². The molecular formula is C39H40Cl2FN3O7. The average Bonchev–Trinajstić information content (AvgIpc) is 3.15. The predicted molar refractivity (Wildman–Crippen MR) is 193 cm³/mol. The minimum Gasteiger partial charge on any atom is -0.619 e. The molecule has 3 aliphatic rings. The number of nitrogens with one attached hydrogen (secondary N) is 1. The number of esters is 2. The summed E-state index contributed by atoms with van der Waals surface area (Å²) in [5.74, 6) is -0.305. The third kappa shape index (κ3) is 8.78. The summed E-state index contributed by atoms with van der Waals surface area (Å²) < 4.78 is 38.2. The number of aromatic nitrogens is 1. The van der Waals surface area contributed by atoms with Gasteiger partial charge in [-0.3, -0.25) is 4.90 Å². The molecule has 3 aromatic carbocycles. The Labute approximate surface area is 311 Å². The van der Waals surface area contributed by atoms with E-state index in [9.17, 15) is 19.2 Å². The first-order valence-electron chi connectivity index (χ1n) is 17.1. The number of nitrogens with zero attached hydrogens (tertiary/aromatic N) is 2. The summed E-state index contributed by atoms with van der Waals surface area (Å²) in [6.07, 6.45) is 3.87. The van der Waals surface area contributed by atoms with E-state index in [-0.39, 0.29) is 28.1 Å². The lowest BCUT2D eigenvalue weighted by Crippen LogP contribution is -2.52. The first kappa shape index (κ1) is 37.3. The van der Waals surface area contributed by atoms with Crippen molar-refractivity contribution in [1.29, 1.82) is 0 Å². The monoisotopic (exact) mass is 751 g/mol. The molecule has 2 bridgehead atoms. The van der Waals surface area contributed by atoms with Crippen molar-refractivity contribution in [3.63, 3.8) is 0 Å². The summed E-state index contributed by atoms with van der Waals surface area (Å²) in [5, 5.41) is 15.3. The third-order valence-corrected chi connectivity index (χ3v) is 10.4. The second-order valence-electron chi connectivity index (χ2n) is 13.0. The van der Waals surface area contributed by atoms with Gasteiger partial charge in [0.05, 0.1) is 19.8 Å². The van der Waals surface area contributed by atoms with E-state index in [1.807, 2.05) is 0 Å². The van der Waals surface area contributed by atoms with E-state index in [0.717, 1.165) is 31.5 Å². The maximum atomic E-state index is 14.9. The molecule has 0 amide bonds. The Morgan fingerprint density at radius 2 is 1.67 bits per heavy atom. The maximum absolute atomic E-state index is 14.9. The highest BCUT2D eigenvalue weighted by Crippen LogP contribution is 2.36. The van der Waals surface area contributed by atoms with Crippen LogP contribution in [0, 0.1) is 16.9 Å². The smallest absolute Gasteiger partial charge is 0.338 e. The van der Waals surface area contributed by atoms with Crippen LogP contribution in [0.3, 0.4) is 0 Å². The quantitative estimate of drug-likeness (QED) is 0.0885. The number of rotatable bonds is 14. The van der Waals surface area contributed by atoms with Crippen molar-refractivity contribution < 1.29 is 37.7 Å². The van der Waals surface area contributed by atoms with Crippen LogP contribution >= 0.6 is 23.2 Å². The summed E-state index contributed by atoms with van der Waals surface area (Å²) in [6.45, 7) is 3.09. The fourth-order valence-electron chi connectivity index (χ4n) is 6.85. The zero-order valence-electron chi connectivity index (χ0n) is 28.9. The molecule has 4 heterocycles. The Morgan fingerprint density at radius 1 is 0.981 bits per heavy atom. The first-order chi connectivity index (χ1) is 25.1. The Kier molecular flexibility index (Phi) is 12.2. The molecule has 0 aliphatic carbocycles. The highest BCUT2D eigenvalue weighted by atomic mass is 35.5. The lowest BCUT2D eigenvalue weighted by Gasteiger charge is -2.44. The molecule has 10 nitrogen and oxygen atoms in total. The number of ether oxygens (including phenoxy) is 4. The van der Waals surface area contributed by atoms with Crippen LogP contribution in [-0.4, -0.2) is 63.3 Å². The van der Waals surface area contributed by atoms with Gasteiger partial charge in [0.15, 0.2) is 23.9 Å². The molecule has 4 aromatic rings. The van der Waals surface area contributed by atoms with Crippen molar-refractivity contribution in [3.05, 3.63) is 128 Å². The second-order valence-corrected chi connectivity index (χ2v) is 13.8. The Morgan fingerprint density at radius 3 is 2.31 bits per heavy atom. The molecule has 0 saturated carbocycles. The molecule has 0 spiro atoms. The lowest BCUT2D eigenvalue weighted by molar-refractivity contribution is -0.605. The minimum atomic E-state index is -0.968. The maximum Gasteiger partial charge on any atom is 0.338 e. The van der Waals surface area contributed by atoms with E-state index in [1.165, 1.54) is 32.7 Å². The Bertz CT molecular complexity index is 1870. The first-order valence-corrected chi connectivity index (χ1v) is 17.9. The van der Waals surface area contributed by atoms with Crippen molar-refractivity contribution in [2.45, 2.75) is 43.9 Å². The molecule has 3 atom stereocenters. The number of hydrogen-bond donors (Lipinski definition) is 1. The van der Waals surface area contributed by atoms with Crippen LogP contribution in [0.2, 0.25) is 10.0 Å². The predicted octanol–water partition coefficient (Wildman–Crippen LogP) is 6.43. The number of benzene rings is 3. The molecule has 3 fully saturated rings. The zero-order chi connectivity index (χ0) is 36.8. The Hall–Kier alpha value is -4.42. The fourth-order valence-corrected chi connectivity index (χ4v) is 7.45. The van der Waals surface area contributed by atoms with Crippen molar-refractivity contribution in [1.82, 2.24) is 10.2 Å². The largest absolute Gasteiger partial charge is 0.619 e. The molecule has 52 heavy (non-hydrogen) atoms. The van der Waals surface area contributed by atoms with Crippen LogP contribution in [0.5, 0.6) is 11.5 Å². The van der Waals surface area contributed by atoms with Gasteiger partial charge in [-0.2, -0.15) is 4.73 Å². The van der Waals surface area contributed by atoms with Gasteiger partial charge in [-0.15, -0.1) is 0 Å². The normalized spacial score (nSPS) is 19.1. The second kappa shape index (κ2) is 16.9. The minimum absolute atomic E-state index is 0.0781. The standard InChI is InChI=1S/C39H40Cl2FN3O7/c1-49-33-12-11-27(19-35(33)50-2)34(20-29-30(40)21-45(48)22-31(29)41)51-38(46)26-9-7-24(8-10-26)13-16-43-37(28-5-3-4-6-32(28)42)39(47)52-36-23-44-17-14-25(36)15-18-44/h3-12,19,21-22,25,34,36-37,43H,13-18,20,23H2,1-2H3/t34?,36-,37?/m0/s1. The Balaban J connectivity index is 1.13. The van der Waals surface area contributed by atoms with Gasteiger partial charge >= 0.3 is 11.9 Å². The van der Waals surface area contributed by atoms with Crippen molar-refractivity contribution >= 4 is 35.1 Å². The summed E-state index contributed by atoms with van der Waals surface area (Å²) >= 11 is 12.8. The number of pyridine rings is 1. The average molecular weight is 753 g/mol. The van der Waals surface area contributed by atoms with Gasteiger partial charge in [-0.05, 0) is 79.7 Å². The highest BCUT2D eigenvalue weighted by molar-refractivity contribution is 6.35. The van der Waals surface area contributed by atoms with Crippen molar-refractivity contribution in [3.8, 4) is 11.5 Å². The van der Waals surface area contributed by atoms with Gasteiger partial charge < -0.3 is 29.5 Å². The number of halogens is 3. The van der Waals surface area contributed by atoms with Gasteiger partial charge in [0.2, 0.25) is 0 Å². The van der Waals surface area contributed by atoms with E-state index in [4.69, 9.17) is 42.1 Å². The van der Waals surface area contributed by atoms with Crippen LogP contribution < -0.4 is 19.5 Å². The van der Waals surface area contributed by atoms with Crippen LogP contribution in [-0.2, 0) is 27.1 Å². The summed E-state index contributed by atoms with van der Waals surface area (Å²) in [6, 6.07) is 17.3. The topological polar surface area (TPSA) is 113 Å². The van der Waals surface area contributed by atoms with E-state index < -0.39 is 29.9 Å².